The molecule has 14 heavy (non-hydrogen) atoms. The van der Waals surface area contributed by atoms with Crippen molar-refractivity contribution in [2.45, 2.75) is 0 Å². The minimum atomic E-state index is -0.357. The van der Waals surface area contributed by atoms with E-state index in [2.05, 4.69) is 20.5 Å². The summed E-state index contributed by atoms with van der Waals surface area (Å²) in [5, 5.41) is 7.44. The van der Waals surface area contributed by atoms with Crippen molar-refractivity contribution in [1.29, 1.82) is 0 Å². The van der Waals surface area contributed by atoms with Crippen molar-refractivity contribution in [2.75, 3.05) is 7.11 Å². The summed E-state index contributed by atoms with van der Waals surface area (Å²) in [6.45, 7) is 0. The largest absolute Gasteiger partial charge is 0.295 e. The highest BCUT2D eigenvalue weighted by atomic mass is 16.6. The number of benzene rings is 1. The van der Waals surface area contributed by atoms with Crippen molar-refractivity contribution in [3.8, 4) is 0 Å². The summed E-state index contributed by atoms with van der Waals surface area (Å²) in [7, 11) is 1.38. The van der Waals surface area contributed by atoms with Crippen LogP contribution in [0.2, 0.25) is 0 Å². The number of nitrogens with zero attached hydrogens (tertiary/aromatic N) is 1. The number of hydroxylamine groups is 1. The fraction of sp³-hybridized carbons (Fsp3) is 0.111. The Bertz CT molecular complexity index is 464. The highest BCUT2D eigenvalue weighted by Crippen LogP contribution is 2.14. The summed E-state index contributed by atoms with van der Waals surface area (Å²) >= 11 is 0. The van der Waals surface area contributed by atoms with E-state index >= 15 is 0 Å². The second-order valence-corrected chi connectivity index (χ2v) is 2.75. The minimum Gasteiger partial charge on any atom is -0.277 e. The first-order valence-corrected chi connectivity index (χ1v) is 4.09. The van der Waals surface area contributed by atoms with Crippen molar-refractivity contribution in [2.24, 2.45) is 0 Å². The van der Waals surface area contributed by atoms with Crippen LogP contribution in [0.15, 0.2) is 24.3 Å². The third-order valence-electron chi connectivity index (χ3n) is 1.88. The average molecular weight is 191 g/mol. The van der Waals surface area contributed by atoms with Gasteiger partial charge in [0.25, 0.3) is 5.91 Å². The van der Waals surface area contributed by atoms with E-state index in [4.69, 9.17) is 0 Å². The topological polar surface area (TPSA) is 67.0 Å². The SMILES string of the molecule is CONC(=O)c1n[nH]c2ccccc12. The number of rotatable bonds is 2. The fourth-order valence-electron chi connectivity index (χ4n) is 1.28. The first kappa shape index (κ1) is 8.71. The summed E-state index contributed by atoms with van der Waals surface area (Å²) in [5.41, 5.74) is 3.38. The Morgan fingerprint density at radius 2 is 2.29 bits per heavy atom. The molecule has 0 unspecified atom stereocenters. The van der Waals surface area contributed by atoms with Gasteiger partial charge in [-0.1, -0.05) is 18.2 Å². The van der Waals surface area contributed by atoms with Gasteiger partial charge in [0.2, 0.25) is 0 Å². The maximum absolute atomic E-state index is 11.4. The summed E-state index contributed by atoms with van der Waals surface area (Å²) in [6.07, 6.45) is 0. The molecular formula is C9H9N3O2. The minimum absolute atomic E-state index is 0.336. The first-order chi connectivity index (χ1) is 6.83. The van der Waals surface area contributed by atoms with Crippen LogP contribution in [-0.4, -0.2) is 23.2 Å². The van der Waals surface area contributed by atoms with Gasteiger partial charge in [-0.3, -0.25) is 14.7 Å². The normalized spacial score (nSPS) is 10.4. The zero-order valence-electron chi connectivity index (χ0n) is 7.57. The van der Waals surface area contributed by atoms with Gasteiger partial charge in [0, 0.05) is 5.39 Å². The lowest BCUT2D eigenvalue weighted by atomic mass is 10.2. The van der Waals surface area contributed by atoms with Gasteiger partial charge in [0.15, 0.2) is 5.69 Å². The summed E-state index contributed by atoms with van der Waals surface area (Å²) in [6, 6.07) is 7.40. The van der Waals surface area contributed by atoms with E-state index in [0.29, 0.717) is 5.69 Å². The maximum atomic E-state index is 11.4. The van der Waals surface area contributed by atoms with E-state index in [9.17, 15) is 4.79 Å². The second kappa shape index (κ2) is 3.47. The number of fused-ring (bicyclic) bond motifs is 1. The zero-order valence-corrected chi connectivity index (χ0v) is 7.57. The van der Waals surface area contributed by atoms with E-state index in [1.807, 2.05) is 24.3 Å². The molecule has 0 aliphatic carbocycles. The molecule has 1 aromatic heterocycles. The van der Waals surface area contributed by atoms with Crippen molar-refractivity contribution >= 4 is 16.8 Å². The Kier molecular flexibility index (Phi) is 2.16. The van der Waals surface area contributed by atoms with Gasteiger partial charge in [-0.25, -0.2) is 5.48 Å². The summed E-state index contributed by atoms with van der Waals surface area (Å²) < 4.78 is 0. The predicted octanol–water partition coefficient (Wildman–Crippen LogP) is 0.854. The van der Waals surface area contributed by atoms with E-state index < -0.39 is 0 Å². The van der Waals surface area contributed by atoms with Gasteiger partial charge in [-0.05, 0) is 6.07 Å². The van der Waals surface area contributed by atoms with Crippen LogP contribution in [0.5, 0.6) is 0 Å². The number of carbonyl (C=O) groups excluding carboxylic acids is 1. The maximum Gasteiger partial charge on any atom is 0.295 e. The van der Waals surface area contributed by atoms with E-state index in [1.165, 1.54) is 7.11 Å². The average Bonchev–Trinajstić information content (AvgIpc) is 2.61. The van der Waals surface area contributed by atoms with Gasteiger partial charge < -0.3 is 0 Å². The third kappa shape index (κ3) is 1.33. The molecule has 2 rings (SSSR count). The van der Waals surface area contributed by atoms with Crippen LogP contribution >= 0.6 is 0 Å². The van der Waals surface area contributed by atoms with Crippen molar-refractivity contribution in [3.63, 3.8) is 0 Å². The fourth-order valence-corrected chi connectivity index (χ4v) is 1.28. The number of H-pyrrole nitrogens is 1. The van der Waals surface area contributed by atoms with Crippen LogP contribution in [0.3, 0.4) is 0 Å². The van der Waals surface area contributed by atoms with E-state index in [1.54, 1.807) is 0 Å². The van der Waals surface area contributed by atoms with Crippen LogP contribution in [-0.2, 0) is 4.84 Å². The molecule has 0 saturated heterocycles. The highest BCUT2D eigenvalue weighted by Gasteiger charge is 2.12. The molecule has 2 N–H and O–H groups in total. The second-order valence-electron chi connectivity index (χ2n) is 2.75. The number of carbonyl (C=O) groups is 1. The van der Waals surface area contributed by atoms with Crippen LogP contribution in [0.1, 0.15) is 10.5 Å². The molecule has 0 aliphatic heterocycles. The van der Waals surface area contributed by atoms with Crippen LogP contribution in [0.25, 0.3) is 10.9 Å². The molecule has 1 heterocycles. The quantitative estimate of drug-likeness (QED) is 0.691. The number of aromatic nitrogens is 2. The number of hydrogen-bond acceptors (Lipinski definition) is 3. The van der Waals surface area contributed by atoms with Gasteiger partial charge in [0.1, 0.15) is 0 Å². The Hall–Kier alpha value is -1.88. The van der Waals surface area contributed by atoms with Crippen molar-refractivity contribution < 1.29 is 9.63 Å². The molecule has 5 nitrogen and oxygen atoms in total. The van der Waals surface area contributed by atoms with E-state index in [-0.39, 0.29) is 5.91 Å². The highest BCUT2D eigenvalue weighted by molar-refractivity contribution is 6.04. The third-order valence-corrected chi connectivity index (χ3v) is 1.88. The Morgan fingerprint density at radius 1 is 1.50 bits per heavy atom. The van der Waals surface area contributed by atoms with Gasteiger partial charge in [-0.15, -0.1) is 0 Å². The molecule has 5 heteroatoms. The predicted molar refractivity (Wildman–Crippen MR) is 50.6 cm³/mol. The Labute approximate surface area is 80.0 Å². The van der Waals surface area contributed by atoms with Crippen molar-refractivity contribution in [3.05, 3.63) is 30.0 Å². The lowest BCUT2D eigenvalue weighted by molar-refractivity contribution is 0.0534. The summed E-state index contributed by atoms with van der Waals surface area (Å²) in [4.78, 5) is 15.9. The number of amides is 1. The Morgan fingerprint density at radius 3 is 3.07 bits per heavy atom. The molecular weight excluding hydrogens is 182 g/mol. The number of aromatic amines is 1. The molecule has 1 aromatic carbocycles. The monoisotopic (exact) mass is 191 g/mol. The molecule has 0 radical (unpaired) electrons. The molecule has 0 saturated carbocycles. The molecule has 72 valence electrons. The molecule has 1 amide bonds. The van der Waals surface area contributed by atoms with Crippen LogP contribution < -0.4 is 5.48 Å². The van der Waals surface area contributed by atoms with E-state index in [0.717, 1.165) is 10.9 Å². The first-order valence-electron chi connectivity index (χ1n) is 4.09. The van der Waals surface area contributed by atoms with Crippen molar-refractivity contribution in [1.82, 2.24) is 15.7 Å². The smallest absolute Gasteiger partial charge is 0.277 e. The molecule has 0 aliphatic rings. The lowest BCUT2D eigenvalue weighted by Crippen LogP contribution is -2.22. The zero-order chi connectivity index (χ0) is 9.97. The van der Waals surface area contributed by atoms with Crippen LogP contribution in [0.4, 0.5) is 0 Å². The Balaban J connectivity index is 2.47. The molecule has 2 aromatic rings. The van der Waals surface area contributed by atoms with Gasteiger partial charge in [-0.2, -0.15) is 5.10 Å². The van der Waals surface area contributed by atoms with Gasteiger partial charge >= 0.3 is 0 Å². The van der Waals surface area contributed by atoms with Crippen LogP contribution in [0, 0.1) is 0 Å². The molecule has 0 spiro atoms. The molecule has 0 atom stereocenters. The standard InChI is InChI=1S/C9H9N3O2/c1-14-12-9(13)8-6-4-2-3-5-7(6)10-11-8/h2-5H,1H3,(H,10,11)(H,12,13). The number of hydrogen-bond donors (Lipinski definition) is 2. The van der Waals surface area contributed by atoms with Gasteiger partial charge in [0.05, 0.1) is 12.6 Å². The number of para-hydroxylation sites is 1. The summed E-state index contributed by atoms with van der Waals surface area (Å²) in [5.74, 6) is -0.357. The molecule has 0 bridgehead atoms. The molecule has 0 fully saturated rings. The number of nitrogens with one attached hydrogen (secondary N) is 2. The lowest BCUT2D eigenvalue weighted by Gasteiger charge is -1.97.